The predicted octanol–water partition coefficient (Wildman–Crippen LogP) is 0.107. The zero-order chi connectivity index (χ0) is 6.99. The van der Waals surface area contributed by atoms with Crippen molar-refractivity contribution in [1.29, 1.82) is 0 Å². The molecule has 0 amide bonds. The predicted molar refractivity (Wildman–Crippen MR) is 40.7 cm³/mol. The third kappa shape index (κ3) is 125. The molecule has 0 unspecified atom stereocenters. The monoisotopic (exact) mass is 155 g/mol. The maximum atomic E-state index is 5.19. The maximum Gasteiger partial charge on any atom is 0.262 e. The molecule has 0 saturated carbocycles. The van der Waals surface area contributed by atoms with Crippen molar-refractivity contribution in [1.82, 2.24) is 0 Å². The van der Waals surface area contributed by atoms with Gasteiger partial charge < -0.3 is 11.5 Å². The second-order valence-corrected chi connectivity index (χ2v) is 2.06. The van der Waals surface area contributed by atoms with E-state index in [4.69, 9.17) is 17.3 Å². The Morgan fingerprint density at radius 2 is 2.00 bits per heavy atom. The molecule has 0 saturated heterocycles. The Bertz CT molecular complexity index is 52.0. The molecular formula is C4H12ClN2S+. The van der Waals surface area contributed by atoms with E-state index in [0.29, 0.717) is 0 Å². The van der Waals surface area contributed by atoms with Gasteiger partial charge in [-0.15, -0.1) is 11.6 Å². The number of alkyl halides is 1. The van der Waals surface area contributed by atoms with E-state index in [1.807, 2.05) is 6.92 Å². The van der Waals surface area contributed by atoms with Crippen molar-refractivity contribution < 1.29 is 5.73 Å². The van der Waals surface area contributed by atoms with Gasteiger partial charge in [-0.25, -0.2) is 0 Å². The van der Waals surface area contributed by atoms with Crippen LogP contribution in [0.1, 0.15) is 13.3 Å². The minimum absolute atomic E-state index is 0.250. The smallest absolute Gasteiger partial charge is 0.262 e. The number of rotatable bonds is 1. The molecule has 0 aliphatic rings. The summed E-state index contributed by atoms with van der Waals surface area (Å²) in [4.78, 5) is 0. The highest BCUT2D eigenvalue weighted by Gasteiger charge is 1.61. The molecule has 5 N–H and O–H groups in total. The number of hydrogen-bond donors (Lipinski definition) is 2. The van der Waals surface area contributed by atoms with E-state index in [-0.39, 0.29) is 5.11 Å². The third-order valence-corrected chi connectivity index (χ3v) is 0.567. The van der Waals surface area contributed by atoms with Crippen LogP contribution in [0.4, 0.5) is 0 Å². The van der Waals surface area contributed by atoms with Crippen LogP contribution in [0, 0.1) is 0 Å². The Morgan fingerprint density at radius 1 is 1.88 bits per heavy atom. The quantitative estimate of drug-likeness (QED) is 0.417. The third-order valence-electron chi connectivity index (χ3n) is 0.189. The highest BCUT2D eigenvalue weighted by molar-refractivity contribution is 7.79. The molecular weight excluding hydrogens is 144 g/mol. The van der Waals surface area contributed by atoms with Crippen LogP contribution < -0.4 is 11.5 Å². The zero-order valence-electron chi connectivity index (χ0n) is 4.98. The summed E-state index contributed by atoms with van der Waals surface area (Å²) in [6.07, 6.45) is 1.08. The number of nitrogens with two attached hydrogens (primary N) is 1. The van der Waals surface area contributed by atoms with Gasteiger partial charge in [0, 0.05) is 18.1 Å². The minimum atomic E-state index is 0.250. The lowest BCUT2D eigenvalue weighted by Gasteiger charge is -1.65. The number of quaternary nitrogens is 1. The Labute approximate surface area is 60.2 Å². The maximum absolute atomic E-state index is 5.19. The van der Waals surface area contributed by atoms with Gasteiger partial charge in [0.05, 0.1) is 0 Å². The molecule has 0 radical (unpaired) electrons. The fraction of sp³-hybridized carbons (Fsp3) is 0.750. The van der Waals surface area contributed by atoms with Gasteiger partial charge in [-0.3, -0.25) is 0 Å². The molecule has 0 rings (SSSR count). The second-order valence-electron chi connectivity index (χ2n) is 1.16. The fourth-order valence-electron chi connectivity index (χ4n) is 0. The Morgan fingerprint density at radius 3 is 2.00 bits per heavy atom. The average molecular weight is 156 g/mol. The summed E-state index contributed by atoms with van der Waals surface area (Å²) in [6.45, 7) is 2.05. The van der Waals surface area contributed by atoms with Gasteiger partial charge in [0.2, 0.25) is 0 Å². The number of halogens is 1. The highest BCUT2D eigenvalue weighted by atomic mass is 35.5. The van der Waals surface area contributed by atoms with Crippen molar-refractivity contribution in [2.24, 2.45) is 5.73 Å². The standard InChI is InChI=1S/C3H7Cl.CH4N2S/c1-2-3-4;2-1(3)4/h2-3H2,1H3;(H4,2,3,4)/p+1. The highest BCUT2D eigenvalue weighted by Crippen LogP contribution is 1.75. The van der Waals surface area contributed by atoms with Gasteiger partial charge in [-0.1, -0.05) is 6.92 Å². The van der Waals surface area contributed by atoms with E-state index < -0.39 is 0 Å². The van der Waals surface area contributed by atoms with Gasteiger partial charge in [-0.2, -0.15) is 0 Å². The van der Waals surface area contributed by atoms with Crippen LogP contribution in [0.15, 0.2) is 0 Å². The van der Waals surface area contributed by atoms with E-state index in [2.05, 4.69) is 18.0 Å². The number of hydrogen-bond acceptors (Lipinski definition) is 1. The van der Waals surface area contributed by atoms with Crippen molar-refractivity contribution in [3.05, 3.63) is 0 Å². The van der Waals surface area contributed by atoms with E-state index in [9.17, 15) is 0 Å². The van der Waals surface area contributed by atoms with Crippen LogP contribution >= 0.6 is 23.8 Å². The molecule has 0 heterocycles. The SMILES string of the molecule is CCCCl.NC([NH3+])=S. The van der Waals surface area contributed by atoms with Crippen LogP contribution in [0.2, 0.25) is 0 Å². The summed E-state index contributed by atoms with van der Waals surface area (Å²) in [6, 6.07) is 0. The van der Waals surface area contributed by atoms with Gasteiger partial charge in [-0.05, 0) is 6.42 Å². The Balaban J connectivity index is 0. The summed E-state index contributed by atoms with van der Waals surface area (Å²) in [5.41, 5.74) is 7.88. The Kier molecular flexibility index (Phi) is 14.0. The lowest BCUT2D eigenvalue weighted by molar-refractivity contribution is -0.210. The molecule has 0 aromatic heterocycles. The summed E-state index contributed by atoms with van der Waals surface area (Å²) < 4.78 is 0. The van der Waals surface area contributed by atoms with Crippen LogP contribution in [-0.4, -0.2) is 11.0 Å². The zero-order valence-corrected chi connectivity index (χ0v) is 6.56. The molecule has 0 aliphatic carbocycles. The van der Waals surface area contributed by atoms with Gasteiger partial charge in [0.25, 0.3) is 5.11 Å². The molecule has 8 heavy (non-hydrogen) atoms. The second kappa shape index (κ2) is 10.2. The molecule has 0 aromatic rings. The fourth-order valence-corrected chi connectivity index (χ4v) is 0. The first-order valence-corrected chi connectivity index (χ1v) is 3.26. The summed E-state index contributed by atoms with van der Waals surface area (Å²) in [7, 11) is 0. The van der Waals surface area contributed by atoms with Crippen molar-refractivity contribution >= 4 is 28.9 Å². The van der Waals surface area contributed by atoms with E-state index in [0.717, 1.165) is 12.3 Å². The molecule has 0 fully saturated rings. The molecule has 0 aromatic carbocycles. The first-order valence-electron chi connectivity index (χ1n) is 2.32. The normalized spacial score (nSPS) is 6.88. The largest absolute Gasteiger partial charge is 0.345 e. The lowest BCUT2D eigenvalue weighted by atomic mass is 10.6. The molecule has 50 valence electrons. The van der Waals surface area contributed by atoms with Crippen molar-refractivity contribution in [3.8, 4) is 0 Å². The molecule has 0 atom stereocenters. The summed E-state index contributed by atoms with van der Waals surface area (Å²) >= 11 is 9.39. The van der Waals surface area contributed by atoms with Crippen LogP contribution in [0.5, 0.6) is 0 Å². The van der Waals surface area contributed by atoms with Crippen molar-refractivity contribution in [3.63, 3.8) is 0 Å². The molecule has 0 aliphatic heterocycles. The van der Waals surface area contributed by atoms with Crippen molar-refractivity contribution in [2.75, 3.05) is 5.88 Å². The van der Waals surface area contributed by atoms with Gasteiger partial charge >= 0.3 is 0 Å². The molecule has 0 spiro atoms. The summed E-state index contributed by atoms with van der Waals surface area (Å²) in [5.74, 6) is 0.792. The average Bonchev–Trinajstić information content (AvgIpc) is 1.65. The Hall–Kier alpha value is 0.140. The van der Waals surface area contributed by atoms with Gasteiger partial charge in [0.1, 0.15) is 0 Å². The number of thiocarbonyl (C=S) groups is 1. The first kappa shape index (κ1) is 11.0. The lowest BCUT2D eigenvalue weighted by Crippen LogP contribution is -2.60. The summed E-state index contributed by atoms with van der Waals surface area (Å²) in [5, 5.41) is 0.250. The van der Waals surface area contributed by atoms with Crippen LogP contribution in [0.25, 0.3) is 0 Å². The molecule has 0 bridgehead atoms. The van der Waals surface area contributed by atoms with E-state index in [1.54, 1.807) is 0 Å². The topological polar surface area (TPSA) is 53.7 Å². The van der Waals surface area contributed by atoms with E-state index >= 15 is 0 Å². The van der Waals surface area contributed by atoms with Gasteiger partial charge in [0.15, 0.2) is 0 Å². The first-order chi connectivity index (χ1) is 3.65. The van der Waals surface area contributed by atoms with Crippen LogP contribution in [-0.2, 0) is 0 Å². The molecule has 4 heteroatoms. The molecule has 2 nitrogen and oxygen atoms in total. The van der Waals surface area contributed by atoms with Crippen molar-refractivity contribution in [2.45, 2.75) is 13.3 Å². The van der Waals surface area contributed by atoms with E-state index in [1.165, 1.54) is 0 Å². The van der Waals surface area contributed by atoms with Crippen LogP contribution in [0.3, 0.4) is 0 Å². The minimum Gasteiger partial charge on any atom is -0.345 e.